The van der Waals surface area contributed by atoms with E-state index in [9.17, 15) is 9.59 Å². The highest BCUT2D eigenvalue weighted by Crippen LogP contribution is 2.03. The lowest BCUT2D eigenvalue weighted by Crippen LogP contribution is -2.26. The lowest BCUT2D eigenvalue weighted by atomic mass is 10.2. The fourth-order valence-electron chi connectivity index (χ4n) is 0.382. The van der Waals surface area contributed by atoms with Gasteiger partial charge in [0.2, 0.25) is 3.79 Å². The van der Waals surface area contributed by atoms with E-state index in [4.69, 9.17) is 5.73 Å². The predicted octanol–water partition coefficient (Wildman–Crippen LogP) is 1.02. The average molecular weight is 367 g/mol. The van der Waals surface area contributed by atoms with E-state index in [2.05, 4.69) is 0 Å². The maximum Gasteiger partial charge on any atom is 0.208 e. The standard InChI is InChI=1S/C5H7I2NO2/c6-4(9)2-1-3(8)5(7)10/h3H,1-2,8H2/t3-/m0/s1. The molecule has 0 aliphatic carbocycles. The number of hydrogen-bond acceptors (Lipinski definition) is 3. The van der Waals surface area contributed by atoms with E-state index in [1.165, 1.54) is 0 Å². The monoisotopic (exact) mass is 367 g/mol. The van der Waals surface area contributed by atoms with E-state index in [1.807, 2.05) is 0 Å². The van der Waals surface area contributed by atoms with Gasteiger partial charge in [0.05, 0.1) is 6.04 Å². The first-order valence-corrected chi connectivity index (χ1v) is 4.83. The van der Waals surface area contributed by atoms with E-state index in [1.54, 1.807) is 45.2 Å². The Morgan fingerprint density at radius 3 is 2.20 bits per heavy atom. The van der Waals surface area contributed by atoms with Crippen molar-refractivity contribution in [2.24, 2.45) is 5.73 Å². The van der Waals surface area contributed by atoms with Crippen LogP contribution in [0.25, 0.3) is 0 Å². The molecule has 0 heterocycles. The molecule has 2 N–H and O–H groups in total. The third kappa shape index (κ3) is 5.54. The highest BCUT2D eigenvalue weighted by Gasteiger charge is 2.10. The van der Waals surface area contributed by atoms with Gasteiger partial charge < -0.3 is 5.73 Å². The molecule has 0 aromatic rings. The first-order chi connectivity index (χ1) is 4.54. The van der Waals surface area contributed by atoms with E-state index in [-0.39, 0.29) is 7.58 Å². The molecule has 0 aromatic carbocycles. The van der Waals surface area contributed by atoms with Crippen LogP contribution in [0.3, 0.4) is 0 Å². The maximum atomic E-state index is 10.5. The van der Waals surface area contributed by atoms with E-state index >= 15 is 0 Å². The highest BCUT2D eigenvalue weighted by molar-refractivity contribution is 14.1. The number of hydrogen-bond donors (Lipinski definition) is 1. The molecule has 3 nitrogen and oxygen atoms in total. The number of halogens is 2. The summed E-state index contributed by atoms with van der Waals surface area (Å²) in [4.78, 5) is 20.9. The number of nitrogens with two attached hydrogens (primary N) is 1. The van der Waals surface area contributed by atoms with E-state index in [0.29, 0.717) is 12.8 Å². The molecule has 1 atom stereocenters. The van der Waals surface area contributed by atoms with Gasteiger partial charge in [-0.2, -0.15) is 0 Å². The third-order valence-electron chi connectivity index (χ3n) is 0.943. The highest BCUT2D eigenvalue weighted by atomic mass is 127. The molecule has 0 unspecified atom stereocenters. The van der Waals surface area contributed by atoms with Crippen molar-refractivity contribution < 1.29 is 9.59 Å². The van der Waals surface area contributed by atoms with Crippen LogP contribution in [0.1, 0.15) is 12.8 Å². The van der Waals surface area contributed by atoms with Gasteiger partial charge >= 0.3 is 0 Å². The van der Waals surface area contributed by atoms with Crippen LogP contribution in [0.2, 0.25) is 0 Å². The van der Waals surface area contributed by atoms with Crippen LogP contribution in [-0.4, -0.2) is 13.6 Å². The van der Waals surface area contributed by atoms with Crippen molar-refractivity contribution in [1.29, 1.82) is 0 Å². The molecule has 0 spiro atoms. The molecule has 0 bridgehead atoms. The Labute approximate surface area is 86.4 Å². The lowest BCUT2D eigenvalue weighted by Gasteiger charge is -2.01. The summed E-state index contributed by atoms with van der Waals surface area (Å²) < 4.78 is -0.0408. The van der Waals surface area contributed by atoms with Gasteiger partial charge in [-0.15, -0.1) is 0 Å². The summed E-state index contributed by atoms with van der Waals surface area (Å²) in [6.45, 7) is 0. The van der Waals surface area contributed by atoms with Crippen molar-refractivity contribution in [1.82, 2.24) is 0 Å². The van der Waals surface area contributed by atoms with Crippen molar-refractivity contribution in [2.75, 3.05) is 0 Å². The summed E-state index contributed by atoms with van der Waals surface area (Å²) in [6.07, 6.45) is 0.847. The molecule has 0 amide bonds. The largest absolute Gasteiger partial charge is 0.321 e. The number of rotatable bonds is 4. The molecule has 0 aromatic heterocycles. The van der Waals surface area contributed by atoms with Crippen LogP contribution in [0.15, 0.2) is 0 Å². The second kappa shape index (κ2) is 5.42. The summed E-state index contributed by atoms with van der Waals surface area (Å²) in [7, 11) is 0. The van der Waals surface area contributed by atoms with Gasteiger partial charge in [-0.3, -0.25) is 9.59 Å². The van der Waals surface area contributed by atoms with Gasteiger partial charge in [-0.05, 0) is 29.0 Å². The summed E-state index contributed by atoms with van der Waals surface area (Å²) in [5.74, 6) is 0. The average Bonchev–Trinajstić information content (AvgIpc) is 1.82. The molecule has 0 saturated heterocycles. The molecule has 0 fully saturated rings. The second-order valence-electron chi connectivity index (χ2n) is 1.80. The van der Waals surface area contributed by atoms with Gasteiger partial charge in [-0.1, -0.05) is 0 Å². The first-order valence-electron chi connectivity index (χ1n) is 2.67. The normalized spacial score (nSPS) is 12.7. The van der Waals surface area contributed by atoms with Crippen molar-refractivity contribution in [3.8, 4) is 0 Å². The second-order valence-corrected chi connectivity index (χ2v) is 4.07. The first kappa shape index (κ1) is 10.8. The van der Waals surface area contributed by atoms with Gasteiger partial charge in [0, 0.05) is 29.0 Å². The number of carbonyl (C=O) groups excluding carboxylic acids is 2. The SMILES string of the molecule is N[C@@H](CCC(=O)I)C(=O)I. The minimum absolute atomic E-state index is 0.0469. The van der Waals surface area contributed by atoms with Crippen LogP contribution < -0.4 is 5.73 Å². The molecule has 5 heteroatoms. The van der Waals surface area contributed by atoms with Crippen molar-refractivity contribution in [2.45, 2.75) is 18.9 Å². The fraction of sp³-hybridized carbons (Fsp3) is 0.600. The van der Waals surface area contributed by atoms with Crippen LogP contribution in [0.4, 0.5) is 0 Å². The van der Waals surface area contributed by atoms with Gasteiger partial charge in [0.1, 0.15) is 0 Å². The molecule has 0 aliphatic rings. The van der Waals surface area contributed by atoms with Crippen LogP contribution in [0, 0.1) is 0 Å². The molecule has 0 radical (unpaired) electrons. The topological polar surface area (TPSA) is 60.2 Å². The summed E-state index contributed by atoms with van der Waals surface area (Å²) >= 11 is 3.33. The Balaban J connectivity index is 3.49. The van der Waals surface area contributed by atoms with Crippen molar-refractivity contribution in [3.63, 3.8) is 0 Å². The molecule has 58 valence electrons. The summed E-state index contributed by atoms with van der Waals surface area (Å²) in [5, 5.41) is 0. The molecule has 0 saturated carbocycles. The Morgan fingerprint density at radius 2 is 1.90 bits per heavy atom. The zero-order chi connectivity index (χ0) is 8.15. The van der Waals surface area contributed by atoms with E-state index < -0.39 is 6.04 Å². The summed E-state index contributed by atoms with van der Waals surface area (Å²) in [6, 6.07) is -0.473. The van der Waals surface area contributed by atoms with Crippen LogP contribution >= 0.6 is 45.2 Å². The molecular formula is C5H7I2NO2. The minimum atomic E-state index is -0.473. The smallest absolute Gasteiger partial charge is 0.208 e. The maximum absolute atomic E-state index is 10.5. The van der Waals surface area contributed by atoms with Gasteiger partial charge in [0.25, 0.3) is 0 Å². The Kier molecular flexibility index (Phi) is 5.83. The van der Waals surface area contributed by atoms with Gasteiger partial charge in [0.15, 0.2) is 3.79 Å². The summed E-state index contributed by atoms with van der Waals surface area (Å²) in [5.41, 5.74) is 5.35. The molecule has 0 aliphatic heterocycles. The van der Waals surface area contributed by atoms with E-state index in [0.717, 1.165) is 0 Å². The molecular weight excluding hydrogens is 360 g/mol. The predicted molar refractivity (Wildman–Crippen MR) is 55.3 cm³/mol. The zero-order valence-corrected chi connectivity index (χ0v) is 9.46. The fourth-order valence-corrected chi connectivity index (χ4v) is 1.01. The minimum Gasteiger partial charge on any atom is -0.321 e. The molecule has 10 heavy (non-hydrogen) atoms. The lowest BCUT2D eigenvalue weighted by molar-refractivity contribution is -0.111. The zero-order valence-electron chi connectivity index (χ0n) is 5.14. The Morgan fingerprint density at radius 1 is 1.40 bits per heavy atom. The van der Waals surface area contributed by atoms with Crippen LogP contribution in [0.5, 0.6) is 0 Å². The van der Waals surface area contributed by atoms with Crippen molar-refractivity contribution in [3.05, 3.63) is 0 Å². The third-order valence-corrected chi connectivity index (χ3v) is 2.28. The van der Waals surface area contributed by atoms with Crippen molar-refractivity contribution >= 4 is 52.8 Å². The Hall–Kier alpha value is 0.760. The van der Waals surface area contributed by atoms with Crippen LogP contribution in [-0.2, 0) is 9.59 Å². The Bertz CT molecular complexity index is 149. The molecule has 0 rings (SSSR count). The number of carbonyl (C=O) groups is 2. The quantitative estimate of drug-likeness (QED) is 0.597. The van der Waals surface area contributed by atoms with Gasteiger partial charge in [-0.25, -0.2) is 0 Å².